The van der Waals surface area contributed by atoms with Crippen molar-refractivity contribution in [2.24, 2.45) is 0 Å². The van der Waals surface area contributed by atoms with Gasteiger partial charge in [-0.25, -0.2) is 8.78 Å². The van der Waals surface area contributed by atoms with Crippen LogP contribution in [0, 0.1) is 11.6 Å². The summed E-state index contributed by atoms with van der Waals surface area (Å²) in [6.45, 7) is 7.46. The molecule has 0 atom stereocenters. The fourth-order valence-corrected chi connectivity index (χ4v) is 7.49. The molecular weight excluding hydrogens is 653 g/mol. The Kier molecular flexibility index (Phi) is 25.5. The molecule has 0 amide bonds. The Balaban J connectivity index is 0.000000622. The second-order valence-electron chi connectivity index (χ2n) is 10.6. The molecule has 0 unspecified atom stereocenters. The van der Waals surface area contributed by atoms with Gasteiger partial charge in [0.2, 0.25) is 0 Å². The van der Waals surface area contributed by atoms with Crippen LogP contribution in [0.25, 0.3) is 12.2 Å². The van der Waals surface area contributed by atoms with Gasteiger partial charge in [0.25, 0.3) is 0 Å². The van der Waals surface area contributed by atoms with Gasteiger partial charge in [0.1, 0.15) is 11.6 Å². The molecule has 4 nitrogen and oxygen atoms in total. The molecule has 0 aromatic heterocycles. The van der Waals surface area contributed by atoms with Gasteiger partial charge in [0.15, 0.2) is 0 Å². The Labute approximate surface area is 268 Å². The molecule has 43 heavy (non-hydrogen) atoms. The summed E-state index contributed by atoms with van der Waals surface area (Å²) < 4.78 is 28.2. The van der Waals surface area contributed by atoms with Gasteiger partial charge in [0, 0.05) is 0 Å². The van der Waals surface area contributed by atoms with E-state index in [1.165, 1.54) is 139 Å². The van der Waals surface area contributed by atoms with E-state index in [2.05, 4.69) is 13.8 Å². The van der Waals surface area contributed by atoms with Crippen molar-refractivity contribution in [3.8, 4) is 0 Å². The van der Waals surface area contributed by atoms with E-state index >= 15 is 0 Å². The van der Waals surface area contributed by atoms with Gasteiger partial charge in [-0.1, -0.05) is 36.4 Å². The molecule has 0 radical (unpaired) electrons. The number of rotatable bonds is 18. The van der Waals surface area contributed by atoms with E-state index in [9.17, 15) is 28.6 Å². The number of carbonyl (C=O) groups is 2. The van der Waals surface area contributed by atoms with E-state index in [1.54, 1.807) is 21.7 Å². The molecule has 0 saturated heterocycles. The SMILES string of the molecule is C/C(=C\c1ccc(F)cc1)C(=O)[O-].C/C(=C\c1ccc(F)cc1)C(=O)[O-].CCCCCCC[CH2][Sn+2][CH2]CCCCCCC. The average Bonchev–Trinajstić information content (AvgIpc) is 2.98. The molecule has 0 N–H and O–H groups in total. The van der Waals surface area contributed by atoms with Crippen LogP contribution in [0.3, 0.4) is 0 Å². The topological polar surface area (TPSA) is 80.3 Å². The van der Waals surface area contributed by atoms with E-state index < -0.39 is 11.9 Å². The fraction of sp³-hybridized carbons (Fsp3) is 0.500. The Morgan fingerprint density at radius 1 is 0.581 bits per heavy atom. The van der Waals surface area contributed by atoms with E-state index in [-0.39, 0.29) is 43.9 Å². The van der Waals surface area contributed by atoms with Gasteiger partial charge in [-0.05, 0) is 60.4 Å². The van der Waals surface area contributed by atoms with Crippen molar-refractivity contribution in [2.75, 3.05) is 0 Å². The molecule has 2 aromatic rings. The molecule has 2 aromatic carbocycles. The minimum atomic E-state index is -1.22. The first-order valence-corrected chi connectivity index (χ1v) is 19.6. The van der Waals surface area contributed by atoms with Crippen molar-refractivity contribution < 1.29 is 28.6 Å². The molecule has 0 aliphatic carbocycles. The number of hydrogen-bond acceptors (Lipinski definition) is 4. The van der Waals surface area contributed by atoms with Crippen LogP contribution in [0.4, 0.5) is 8.78 Å². The Morgan fingerprint density at radius 2 is 0.884 bits per heavy atom. The number of benzene rings is 2. The molecule has 0 heterocycles. The Hall–Kier alpha value is -2.48. The monoisotopic (exact) mass is 704 g/mol. The maximum atomic E-state index is 12.4. The maximum absolute atomic E-state index is 12.4. The average molecular weight is 703 g/mol. The third-order valence-corrected chi connectivity index (χ3v) is 10.6. The molecule has 0 fully saturated rings. The van der Waals surface area contributed by atoms with Gasteiger partial charge in [-0.2, -0.15) is 0 Å². The first-order chi connectivity index (χ1) is 20.6. The number of unbranched alkanes of at least 4 members (excludes halogenated alkanes) is 10. The molecule has 0 aliphatic heterocycles. The van der Waals surface area contributed by atoms with Gasteiger partial charge >= 0.3 is 121 Å². The number of hydrogen-bond donors (Lipinski definition) is 0. The molecule has 0 saturated carbocycles. The Bertz CT molecular complexity index is 978. The third-order valence-electron chi connectivity index (χ3n) is 6.56. The molecular formula is C36H50F2O4Sn. The minimum absolute atomic E-state index is 0.0736. The molecule has 0 bridgehead atoms. The predicted molar refractivity (Wildman–Crippen MR) is 172 cm³/mol. The first kappa shape index (κ1) is 40.5. The summed E-state index contributed by atoms with van der Waals surface area (Å²) >= 11 is 0.0736. The molecule has 7 heteroatoms. The summed E-state index contributed by atoms with van der Waals surface area (Å²) in [5.74, 6) is -3.12. The van der Waals surface area contributed by atoms with Crippen molar-refractivity contribution >= 4 is 45.2 Å². The summed E-state index contributed by atoms with van der Waals surface area (Å²) in [6, 6.07) is 11.1. The van der Waals surface area contributed by atoms with Crippen LogP contribution in [-0.4, -0.2) is 33.1 Å². The van der Waals surface area contributed by atoms with E-state index in [0.29, 0.717) is 11.1 Å². The van der Waals surface area contributed by atoms with Crippen molar-refractivity contribution in [3.63, 3.8) is 0 Å². The van der Waals surface area contributed by atoms with Crippen LogP contribution in [0.2, 0.25) is 8.87 Å². The summed E-state index contributed by atoms with van der Waals surface area (Å²) in [7, 11) is 0. The normalized spacial score (nSPS) is 11.0. The van der Waals surface area contributed by atoms with Crippen LogP contribution in [0.5, 0.6) is 0 Å². The van der Waals surface area contributed by atoms with Crippen molar-refractivity contribution in [1.82, 2.24) is 0 Å². The number of carbonyl (C=O) groups excluding carboxylic acids is 2. The van der Waals surface area contributed by atoms with Gasteiger partial charge in [-0.15, -0.1) is 0 Å². The summed E-state index contributed by atoms with van der Waals surface area (Å²) in [5.41, 5.74) is 1.52. The number of aliphatic carboxylic acids is 2. The zero-order chi connectivity index (χ0) is 32.3. The van der Waals surface area contributed by atoms with E-state index in [1.807, 2.05) is 0 Å². The van der Waals surface area contributed by atoms with Gasteiger partial charge < -0.3 is 19.8 Å². The molecule has 2 rings (SSSR count). The van der Waals surface area contributed by atoms with Crippen LogP contribution in [0.1, 0.15) is 116 Å². The second-order valence-corrected chi connectivity index (χ2v) is 14.9. The van der Waals surface area contributed by atoms with E-state index in [4.69, 9.17) is 0 Å². The quantitative estimate of drug-likeness (QED) is 0.0891. The summed E-state index contributed by atoms with van der Waals surface area (Å²) in [4.78, 5) is 20.6. The van der Waals surface area contributed by atoms with Gasteiger partial charge in [-0.3, -0.25) is 0 Å². The second kappa shape index (κ2) is 27.1. The van der Waals surface area contributed by atoms with Crippen molar-refractivity contribution in [3.05, 3.63) is 82.4 Å². The van der Waals surface area contributed by atoms with Crippen molar-refractivity contribution in [1.29, 1.82) is 0 Å². The number of carboxylic acid groups (broad SMARTS) is 2. The Morgan fingerprint density at radius 3 is 1.19 bits per heavy atom. The van der Waals surface area contributed by atoms with Crippen LogP contribution >= 0.6 is 0 Å². The zero-order valence-electron chi connectivity index (χ0n) is 26.6. The van der Waals surface area contributed by atoms with Crippen LogP contribution in [0.15, 0.2) is 59.7 Å². The number of carboxylic acids is 2. The molecule has 236 valence electrons. The molecule has 0 spiro atoms. The summed E-state index contributed by atoms with van der Waals surface area (Å²) in [6.07, 6.45) is 20.7. The predicted octanol–water partition coefficient (Wildman–Crippen LogP) is 8.21. The first-order valence-electron chi connectivity index (χ1n) is 15.6. The summed E-state index contributed by atoms with van der Waals surface area (Å²) in [5, 5.41) is 20.6. The fourth-order valence-electron chi connectivity index (χ4n) is 3.92. The van der Waals surface area contributed by atoms with Crippen LogP contribution in [-0.2, 0) is 9.59 Å². The van der Waals surface area contributed by atoms with E-state index in [0.717, 1.165) is 0 Å². The molecule has 0 aliphatic rings. The van der Waals surface area contributed by atoms with Gasteiger partial charge in [0.05, 0.1) is 11.9 Å². The van der Waals surface area contributed by atoms with Crippen molar-refractivity contribution in [2.45, 2.75) is 114 Å². The zero-order valence-corrected chi connectivity index (χ0v) is 29.4. The van der Waals surface area contributed by atoms with Crippen LogP contribution < -0.4 is 10.2 Å². The number of halogens is 2. The third kappa shape index (κ3) is 24.6. The standard InChI is InChI=1S/2C10H9FO2.2C8H17.Sn/c2*1-7(10(12)13)6-8-2-4-9(11)5-3-8;2*1-3-5-7-8-6-4-2;/h2*2-6H,1H3,(H,12,13);2*1,3-8H2,2H3;/q;;;;+2/p-2/b2*7-6+;;;.